The van der Waals surface area contributed by atoms with Gasteiger partial charge in [-0.05, 0) is 67.4 Å². The zero-order valence-electron chi connectivity index (χ0n) is 26.4. The molecule has 0 spiro atoms. The number of halogens is 1. The summed E-state index contributed by atoms with van der Waals surface area (Å²) in [5, 5.41) is 15.8. The number of aromatic hydroxyl groups is 1. The van der Waals surface area contributed by atoms with Crippen LogP contribution in [0.4, 0.5) is 15.0 Å². The van der Waals surface area contributed by atoms with Crippen molar-refractivity contribution in [2.45, 2.75) is 43.4 Å². The third-order valence-corrected chi connectivity index (χ3v) is 10.0. The van der Waals surface area contributed by atoms with Crippen LogP contribution in [0.5, 0.6) is 11.8 Å². The molecule has 246 valence electrons. The molecule has 2 amide bonds. The quantitative estimate of drug-likeness (QED) is 0.320. The van der Waals surface area contributed by atoms with E-state index in [1.807, 2.05) is 35.2 Å². The monoisotopic (exact) mass is 642 g/mol. The molecular weight excluding hydrogens is 603 g/mol. The summed E-state index contributed by atoms with van der Waals surface area (Å²) in [5.74, 6) is 0.115. The van der Waals surface area contributed by atoms with Crippen LogP contribution in [0.25, 0.3) is 32.8 Å². The number of fused-ring (bicyclic) bond motifs is 4. The van der Waals surface area contributed by atoms with Crippen LogP contribution < -0.4 is 15.0 Å². The molecule has 3 aromatic carbocycles. The van der Waals surface area contributed by atoms with Gasteiger partial charge in [0.2, 0.25) is 0 Å². The minimum Gasteiger partial charge on any atom is -0.508 e. The minimum atomic E-state index is -0.509. The summed E-state index contributed by atoms with van der Waals surface area (Å²) >= 11 is 0. The second-order valence-corrected chi connectivity index (χ2v) is 13.1. The number of nitrogens with one attached hydrogen (secondary N) is 1. The fraction of sp³-hybridized carbons (Fsp3) is 0.457. The first kappa shape index (κ1) is 30.1. The number of amides is 2. The van der Waals surface area contributed by atoms with E-state index in [0.29, 0.717) is 68.5 Å². The number of ether oxygens (including phenoxy) is 3. The highest BCUT2D eigenvalue weighted by molar-refractivity contribution is 6.01. The number of likely N-dealkylation sites (tertiary alicyclic amines) is 1. The molecule has 2 N–H and O–H groups in total. The van der Waals surface area contributed by atoms with E-state index >= 15 is 4.39 Å². The van der Waals surface area contributed by atoms with Crippen molar-refractivity contribution in [2.24, 2.45) is 0 Å². The highest BCUT2D eigenvalue weighted by atomic mass is 19.1. The summed E-state index contributed by atoms with van der Waals surface area (Å²) in [6, 6.07) is 14.3. The molecule has 47 heavy (non-hydrogen) atoms. The summed E-state index contributed by atoms with van der Waals surface area (Å²) in [5.41, 5.74) is 1.06. The number of hydrogen-bond donors (Lipinski definition) is 2. The number of carbonyl (C=O) groups is 1. The van der Waals surface area contributed by atoms with Crippen molar-refractivity contribution in [3.8, 4) is 22.9 Å². The van der Waals surface area contributed by atoms with Crippen LogP contribution in [0.15, 0.2) is 48.5 Å². The van der Waals surface area contributed by atoms with Crippen LogP contribution in [0.2, 0.25) is 0 Å². The van der Waals surface area contributed by atoms with Crippen molar-refractivity contribution in [3.63, 3.8) is 0 Å². The van der Waals surface area contributed by atoms with Gasteiger partial charge in [-0.15, -0.1) is 0 Å². The Bertz CT molecular complexity index is 1800. The molecule has 4 aromatic rings. The van der Waals surface area contributed by atoms with E-state index in [1.54, 1.807) is 18.2 Å². The molecule has 1 aromatic heterocycles. The van der Waals surface area contributed by atoms with Crippen molar-refractivity contribution in [2.75, 3.05) is 64.6 Å². The lowest BCUT2D eigenvalue weighted by Gasteiger charge is -2.50. The van der Waals surface area contributed by atoms with Gasteiger partial charge in [0.25, 0.3) is 0 Å². The first-order chi connectivity index (χ1) is 22.9. The predicted octanol–water partition coefficient (Wildman–Crippen LogP) is 4.16. The largest absolute Gasteiger partial charge is 0.508 e. The molecule has 0 aliphatic carbocycles. The number of carbonyl (C=O) groups excluding carboxylic acids is 1. The molecule has 5 heterocycles. The standard InChI is InChI=1S/C35H39FN6O5/c1-40-11-4-6-23(40)20-47-34-38-32-29(9-8-28(31(32)36)30-14-26(43)13-21-5-2-3-7-27(21)30)33(39-34)41-15-24-18-46-19-25(16-41)42(24)35(44)37-22-10-12-45-17-22/h2-3,5,7-9,13-14,22-25,43H,4,6,10-12,15-20H2,1H3,(H,37,44)/t22?,23-,24?,25?/m0/s1. The maximum Gasteiger partial charge on any atom is 0.319 e. The van der Waals surface area contributed by atoms with Gasteiger partial charge >= 0.3 is 12.0 Å². The number of nitrogens with zero attached hydrogens (tertiary/aromatic N) is 5. The average molecular weight is 643 g/mol. The van der Waals surface area contributed by atoms with Gasteiger partial charge in [-0.1, -0.05) is 30.3 Å². The third-order valence-electron chi connectivity index (χ3n) is 10.0. The van der Waals surface area contributed by atoms with Gasteiger partial charge in [0.05, 0.1) is 37.9 Å². The molecule has 0 saturated carbocycles. The number of anilines is 1. The maximum absolute atomic E-state index is 16.8. The van der Waals surface area contributed by atoms with Crippen molar-refractivity contribution < 1.29 is 28.5 Å². The summed E-state index contributed by atoms with van der Waals surface area (Å²) in [7, 11) is 2.08. The Morgan fingerprint density at radius 3 is 2.62 bits per heavy atom. The summed E-state index contributed by atoms with van der Waals surface area (Å²) in [6.45, 7) is 4.29. The second kappa shape index (κ2) is 12.4. The highest BCUT2D eigenvalue weighted by Crippen LogP contribution is 2.39. The van der Waals surface area contributed by atoms with Crippen molar-refractivity contribution in [1.82, 2.24) is 25.1 Å². The van der Waals surface area contributed by atoms with Crippen LogP contribution >= 0.6 is 0 Å². The Morgan fingerprint density at radius 1 is 1.02 bits per heavy atom. The van der Waals surface area contributed by atoms with E-state index in [-0.39, 0.29) is 47.5 Å². The zero-order chi connectivity index (χ0) is 32.1. The second-order valence-electron chi connectivity index (χ2n) is 13.1. The molecule has 11 nitrogen and oxygen atoms in total. The van der Waals surface area contributed by atoms with Crippen LogP contribution in [0.1, 0.15) is 19.3 Å². The van der Waals surface area contributed by atoms with E-state index in [4.69, 9.17) is 19.2 Å². The fourth-order valence-corrected chi connectivity index (χ4v) is 7.58. The number of likely N-dealkylation sites (N-methyl/N-ethyl adjacent to an activating group) is 1. The molecule has 12 heteroatoms. The predicted molar refractivity (Wildman–Crippen MR) is 175 cm³/mol. The highest BCUT2D eigenvalue weighted by Gasteiger charge is 2.42. The van der Waals surface area contributed by atoms with E-state index in [0.717, 1.165) is 36.6 Å². The minimum absolute atomic E-state index is 0.00687. The Morgan fingerprint density at radius 2 is 1.85 bits per heavy atom. The van der Waals surface area contributed by atoms with Gasteiger partial charge in [0, 0.05) is 36.7 Å². The molecule has 4 saturated heterocycles. The van der Waals surface area contributed by atoms with Crippen LogP contribution in [-0.4, -0.2) is 115 Å². The molecule has 4 aliphatic heterocycles. The average Bonchev–Trinajstić information content (AvgIpc) is 3.74. The summed E-state index contributed by atoms with van der Waals surface area (Å²) in [4.78, 5) is 29.2. The van der Waals surface area contributed by atoms with E-state index in [2.05, 4.69) is 27.1 Å². The number of piperazine rings is 1. The molecule has 2 bridgehead atoms. The number of phenols is 1. The molecule has 0 radical (unpaired) electrons. The number of morpholine rings is 1. The molecule has 4 aliphatic rings. The molecule has 3 unspecified atom stereocenters. The normalized spacial score (nSPS) is 24.7. The number of rotatable bonds is 6. The van der Waals surface area contributed by atoms with Crippen molar-refractivity contribution in [1.29, 1.82) is 0 Å². The third kappa shape index (κ3) is 5.68. The van der Waals surface area contributed by atoms with Gasteiger partial charge < -0.3 is 39.3 Å². The first-order valence-corrected chi connectivity index (χ1v) is 16.5. The lowest BCUT2D eigenvalue weighted by molar-refractivity contribution is -0.0349. The van der Waals surface area contributed by atoms with Gasteiger partial charge in [-0.2, -0.15) is 9.97 Å². The lowest BCUT2D eigenvalue weighted by atomic mass is 9.96. The van der Waals surface area contributed by atoms with Gasteiger partial charge in [0.15, 0.2) is 5.82 Å². The summed E-state index contributed by atoms with van der Waals surface area (Å²) < 4.78 is 34.4. The van der Waals surface area contributed by atoms with Gasteiger partial charge in [0.1, 0.15) is 23.7 Å². The Kier molecular flexibility index (Phi) is 7.94. The topological polar surface area (TPSA) is 113 Å². The SMILES string of the molecule is CN1CCC[C@H]1COc1nc(N2CC3COCC(C2)N3C(=O)NC2CCOC2)c2ccc(-c3cc(O)cc4ccccc34)c(F)c2n1. The summed E-state index contributed by atoms with van der Waals surface area (Å²) in [6.07, 6.45) is 2.91. The Hall–Kier alpha value is -4.26. The Balaban J connectivity index is 1.18. The molecule has 8 rings (SSSR count). The molecule has 4 fully saturated rings. The lowest BCUT2D eigenvalue weighted by Crippen LogP contribution is -2.68. The van der Waals surface area contributed by atoms with Crippen LogP contribution in [0.3, 0.4) is 0 Å². The van der Waals surface area contributed by atoms with E-state index in [1.165, 1.54) is 0 Å². The van der Waals surface area contributed by atoms with Gasteiger partial charge in [-0.3, -0.25) is 0 Å². The van der Waals surface area contributed by atoms with Crippen molar-refractivity contribution >= 4 is 33.5 Å². The first-order valence-electron chi connectivity index (χ1n) is 16.5. The maximum atomic E-state index is 16.8. The Labute approximate surface area is 272 Å². The number of hydrogen-bond acceptors (Lipinski definition) is 9. The van der Waals surface area contributed by atoms with E-state index < -0.39 is 5.82 Å². The zero-order valence-corrected chi connectivity index (χ0v) is 26.4. The fourth-order valence-electron chi connectivity index (χ4n) is 7.58. The molecule has 4 atom stereocenters. The number of benzene rings is 3. The smallest absolute Gasteiger partial charge is 0.319 e. The number of aromatic nitrogens is 2. The number of phenolic OH excluding ortho intramolecular Hbond substituents is 1. The molecular formula is C35H39FN6O5. The van der Waals surface area contributed by atoms with E-state index in [9.17, 15) is 9.90 Å². The van der Waals surface area contributed by atoms with Crippen molar-refractivity contribution in [3.05, 3.63) is 54.3 Å². The number of urea groups is 1. The van der Waals surface area contributed by atoms with Gasteiger partial charge in [-0.25, -0.2) is 9.18 Å². The van der Waals surface area contributed by atoms with Crippen LogP contribution in [0, 0.1) is 5.82 Å². The van der Waals surface area contributed by atoms with Crippen LogP contribution in [-0.2, 0) is 9.47 Å².